The standard InChI is InChI=1S/C28H31NO6/c1-31-29-17-25(32-18-21-11-5-2-6-12-21)27(33-19-22-13-7-3-8-14-22)26-24(30)20-34-28(35-26)23-15-9-4-10-16-23/h2-17,24-28,30H,18-20H2,1H3/b29-17+/t24?,25-,26+,27+,28+/m0/s1. The normalized spacial score (nSPS) is 22.1. The number of hydrogen-bond acceptors (Lipinski definition) is 7. The van der Waals surface area contributed by atoms with Gasteiger partial charge in [-0.1, -0.05) is 96.2 Å². The van der Waals surface area contributed by atoms with Gasteiger partial charge in [-0.2, -0.15) is 0 Å². The third-order valence-electron chi connectivity index (χ3n) is 5.68. The Hall–Kier alpha value is -3.07. The predicted octanol–water partition coefficient (Wildman–Crippen LogP) is 4.26. The maximum Gasteiger partial charge on any atom is 0.184 e. The summed E-state index contributed by atoms with van der Waals surface area (Å²) in [7, 11) is 1.47. The third kappa shape index (κ3) is 7.21. The van der Waals surface area contributed by atoms with Crippen molar-refractivity contribution < 1.29 is 28.9 Å². The first-order valence-corrected chi connectivity index (χ1v) is 11.6. The number of aliphatic hydroxyl groups is 1. The summed E-state index contributed by atoms with van der Waals surface area (Å²) in [5.74, 6) is 0. The van der Waals surface area contributed by atoms with Gasteiger partial charge in [0.25, 0.3) is 0 Å². The van der Waals surface area contributed by atoms with Crippen LogP contribution in [0.2, 0.25) is 0 Å². The molecule has 1 N–H and O–H groups in total. The lowest BCUT2D eigenvalue weighted by Crippen LogP contribution is -2.53. The van der Waals surface area contributed by atoms with Crippen molar-refractivity contribution in [2.45, 2.75) is 43.9 Å². The van der Waals surface area contributed by atoms with E-state index >= 15 is 0 Å². The molecule has 0 spiro atoms. The fourth-order valence-corrected chi connectivity index (χ4v) is 3.89. The Morgan fingerprint density at radius 3 is 2.06 bits per heavy atom. The van der Waals surface area contributed by atoms with E-state index in [1.165, 1.54) is 7.11 Å². The smallest absolute Gasteiger partial charge is 0.184 e. The van der Waals surface area contributed by atoms with Crippen LogP contribution in [-0.2, 0) is 37.0 Å². The minimum absolute atomic E-state index is 0.0995. The summed E-state index contributed by atoms with van der Waals surface area (Å²) < 4.78 is 24.6. The Balaban J connectivity index is 1.58. The number of hydrogen-bond donors (Lipinski definition) is 1. The topological polar surface area (TPSA) is 78.7 Å². The largest absolute Gasteiger partial charge is 0.399 e. The van der Waals surface area contributed by atoms with Gasteiger partial charge in [0.2, 0.25) is 0 Å². The molecule has 184 valence electrons. The summed E-state index contributed by atoms with van der Waals surface area (Å²) in [6.45, 7) is 0.733. The molecular weight excluding hydrogens is 446 g/mol. The Labute approximate surface area is 205 Å². The van der Waals surface area contributed by atoms with Gasteiger partial charge in [0.05, 0.1) is 26.0 Å². The van der Waals surface area contributed by atoms with E-state index in [9.17, 15) is 5.11 Å². The molecule has 1 aliphatic heterocycles. The number of oxime groups is 1. The second-order valence-electron chi connectivity index (χ2n) is 8.20. The average Bonchev–Trinajstić information content (AvgIpc) is 2.92. The summed E-state index contributed by atoms with van der Waals surface area (Å²) in [6, 6.07) is 29.3. The van der Waals surface area contributed by atoms with E-state index in [4.69, 9.17) is 23.8 Å². The van der Waals surface area contributed by atoms with Gasteiger partial charge in [-0.05, 0) is 11.1 Å². The Morgan fingerprint density at radius 1 is 0.886 bits per heavy atom. The van der Waals surface area contributed by atoms with E-state index in [0.717, 1.165) is 16.7 Å². The molecule has 0 bridgehead atoms. The highest BCUT2D eigenvalue weighted by molar-refractivity contribution is 5.63. The van der Waals surface area contributed by atoms with E-state index < -0.39 is 30.7 Å². The Bertz CT molecular complexity index is 1020. The number of aliphatic hydroxyl groups excluding tert-OH is 1. The van der Waals surface area contributed by atoms with Gasteiger partial charge in [0, 0.05) is 5.56 Å². The molecule has 0 aliphatic carbocycles. The lowest BCUT2D eigenvalue weighted by atomic mass is 10.0. The van der Waals surface area contributed by atoms with E-state index in [-0.39, 0.29) is 6.61 Å². The number of nitrogens with zero attached hydrogens (tertiary/aromatic N) is 1. The van der Waals surface area contributed by atoms with Gasteiger partial charge in [0.1, 0.15) is 31.5 Å². The van der Waals surface area contributed by atoms with Gasteiger partial charge < -0.3 is 28.9 Å². The van der Waals surface area contributed by atoms with Crippen LogP contribution in [0.1, 0.15) is 23.0 Å². The van der Waals surface area contributed by atoms with Gasteiger partial charge in [-0.3, -0.25) is 0 Å². The first-order chi connectivity index (χ1) is 17.2. The third-order valence-corrected chi connectivity index (χ3v) is 5.68. The molecule has 3 aromatic rings. The molecule has 1 heterocycles. The summed E-state index contributed by atoms with van der Waals surface area (Å²) in [5.41, 5.74) is 2.85. The fraction of sp³-hybridized carbons (Fsp3) is 0.321. The SMILES string of the molecule is CO/N=C/[C@H](OCc1ccccc1)[C@@H](OCc1ccccc1)[C@@H]1O[C@H](c2ccccc2)OCC1O. The molecule has 5 atom stereocenters. The maximum absolute atomic E-state index is 10.9. The molecule has 0 saturated carbocycles. The molecule has 0 aromatic heterocycles. The van der Waals surface area contributed by atoms with Gasteiger partial charge in [0.15, 0.2) is 6.29 Å². The summed E-state index contributed by atoms with van der Waals surface area (Å²) in [5, 5.41) is 14.9. The molecule has 1 aliphatic rings. The van der Waals surface area contributed by atoms with Crippen LogP contribution in [0.5, 0.6) is 0 Å². The Kier molecular flexibility index (Phi) is 9.39. The monoisotopic (exact) mass is 477 g/mol. The number of rotatable bonds is 11. The van der Waals surface area contributed by atoms with Gasteiger partial charge in [-0.15, -0.1) is 0 Å². The quantitative estimate of drug-likeness (QED) is 0.328. The van der Waals surface area contributed by atoms with Crippen LogP contribution in [-0.4, -0.2) is 49.5 Å². The Morgan fingerprint density at radius 2 is 1.46 bits per heavy atom. The second kappa shape index (κ2) is 13.1. The first-order valence-electron chi connectivity index (χ1n) is 11.6. The van der Waals surface area contributed by atoms with Crippen molar-refractivity contribution in [1.82, 2.24) is 0 Å². The zero-order valence-corrected chi connectivity index (χ0v) is 19.7. The second-order valence-corrected chi connectivity index (χ2v) is 8.20. The van der Waals surface area contributed by atoms with E-state index in [0.29, 0.717) is 13.2 Å². The average molecular weight is 478 g/mol. The number of benzene rings is 3. The van der Waals surface area contributed by atoms with Crippen molar-refractivity contribution in [3.63, 3.8) is 0 Å². The van der Waals surface area contributed by atoms with Gasteiger partial charge in [-0.25, -0.2) is 0 Å². The number of ether oxygens (including phenoxy) is 4. The molecule has 7 nitrogen and oxygen atoms in total. The molecule has 35 heavy (non-hydrogen) atoms. The predicted molar refractivity (Wildman–Crippen MR) is 132 cm³/mol. The van der Waals surface area contributed by atoms with E-state index in [1.54, 1.807) is 6.21 Å². The molecule has 7 heteroatoms. The van der Waals surface area contributed by atoms with E-state index in [2.05, 4.69) is 5.16 Å². The summed E-state index contributed by atoms with van der Waals surface area (Å²) in [4.78, 5) is 4.95. The summed E-state index contributed by atoms with van der Waals surface area (Å²) in [6.07, 6.45) is -2.10. The zero-order chi connectivity index (χ0) is 24.3. The highest BCUT2D eigenvalue weighted by Gasteiger charge is 2.41. The first kappa shape index (κ1) is 25.0. The van der Waals surface area contributed by atoms with Crippen LogP contribution in [0.3, 0.4) is 0 Å². The van der Waals surface area contributed by atoms with Crippen molar-refractivity contribution in [2.75, 3.05) is 13.7 Å². The molecule has 3 aromatic carbocycles. The fourth-order valence-electron chi connectivity index (χ4n) is 3.89. The van der Waals surface area contributed by atoms with Crippen LogP contribution < -0.4 is 0 Å². The molecular formula is C28H31NO6. The van der Waals surface area contributed by atoms with Crippen LogP contribution in [0.15, 0.2) is 96.2 Å². The zero-order valence-electron chi connectivity index (χ0n) is 19.7. The lowest BCUT2D eigenvalue weighted by Gasteiger charge is -2.40. The van der Waals surface area contributed by atoms with E-state index in [1.807, 2.05) is 91.0 Å². The lowest BCUT2D eigenvalue weighted by molar-refractivity contribution is -0.288. The highest BCUT2D eigenvalue weighted by Crippen LogP contribution is 2.30. The molecule has 0 radical (unpaired) electrons. The molecule has 0 amide bonds. The van der Waals surface area contributed by atoms with Crippen LogP contribution in [0.25, 0.3) is 0 Å². The molecule has 1 fully saturated rings. The van der Waals surface area contributed by atoms with Crippen LogP contribution >= 0.6 is 0 Å². The van der Waals surface area contributed by atoms with Crippen molar-refractivity contribution in [3.05, 3.63) is 108 Å². The minimum Gasteiger partial charge on any atom is -0.399 e. The van der Waals surface area contributed by atoms with Crippen molar-refractivity contribution in [1.29, 1.82) is 0 Å². The van der Waals surface area contributed by atoms with Gasteiger partial charge >= 0.3 is 0 Å². The summed E-state index contributed by atoms with van der Waals surface area (Å²) >= 11 is 0. The molecule has 4 rings (SSSR count). The van der Waals surface area contributed by atoms with Crippen LogP contribution in [0, 0.1) is 0 Å². The minimum atomic E-state index is -0.922. The highest BCUT2D eigenvalue weighted by atomic mass is 16.7. The van der Waals surface area contributed by atoms with Crippen molar-refractivity contribution >= 4 is 6.21 Å². The maximum atomic E-state index is 10.9. The van der Waals surface area contributed by atoms with Crippen molar-refractivity contribution in [3.8, 4) is 0 Å². The molecule has 1 saturated heterocycles. The van der Waals surface area contributed by atoms with Crippen molar-refractivity contribution in [2.24, 2.45) is 5.16 Å². The molecule has 1 unspecified atom stereocenters. The van der Waals surface area contributed by atoms with Crippen LogP contribution in [0.4, 0.5) is 0 Å².